The van der Waals surface area contributed by atoms with E-state index in [0.717, 1.165) is 23.5 Å². The summed E-state index contributed by atoms with van der Waals surface area (Å²) in [5, 5.41) is -0.239. The third-order valence-electron chi connectivity index (χ3n) is 2.17. The van der Waals surface area contributed by atoms with Gasteiger partial charge in [-0.15, -0.1) is 0 Å². The van der Waals surface area contributed by atoms with Crippen molar-refractivity contribution >= 4 is 91.7 Å². The van der Waals surface area contributed by atoms with Crippen molar-refractivity contribution in [3.63, 3.8) is 0 Å². The van der Waals surface area contributed by atoms with Crippen LogP contribution in [0.4, 0.5) is 0 Å². The van der Waals surface area contributed by atoms with Gasteiger partial charge in [0.25, 0.3) is 0 Å². The average Bonchev–Trinajstić information content (AvgIpc) is 2.48. The number of carbonyl (C=O) groups excluding carboxylic acids is 2. The maximum atomic E-state index is 10.8. The summed E-state index contributed by atoms with van der Waals surface area (Å²) < 4.78 is 60.8. The molecule has 0 aromatic carbocycles. The van der Waals surface area contributed by atoms with Gasteiger partial charge in [0.05, 0.1) is 20.2 Å². The van der Waals surface area contributed by atoms with Gasteiger partial charge >= 0.3 is 37.7 Å². The fraction of sp³-hybridized carbons (Fsp3) is 0.571. The molecule has 0 aromatic rings. The average molecular weight is 487 g/mol. The SMILES string of the molecule is CC=CC(=O)SCCCS(=O)(=O)[O-].CC=CC(=O)SCCCS(=O)(=O)[O-].[Ca+2]. The van der Waals surface area contributed by atoms with Gasteiger partial charge in [-0.25, -0.2) is 16.8 Å². The standard InChI is InChI=1S/2C7H12O4S2.Ca/c2*1-2-4-7(8)12-5-3-6-13(9,10)11;/h2*2,4H,3,5-6H2,1H3,(H,9,10,11);/q;;+2/p-2. The van der Waals surface area contributed by atoms with Crippen LogP contribution in [-0.4, -0.2) is 96.9 Å². The van der Waals surface area contributed by atoms with E-state index in [1.165, 1.54) is 12.2 Å². The normalized spacial score (nSPS) is 11.7. The molecule has 0 bridgehead atoms. The van der Waals surface area contributed by atoms with Crippen LogP contribution < -0.4 is 0 Å². The molecule has 0 spiro atoms. The number of rotatable bonds is 10. The number of thioether (sulfide) groups is 2. The Balaban J connectivity index is -0.000000411. The molecule has 152 valence electrons. The molecule has 0 aliphatic rings. The van der Waals surface area contributed by atoms with E-state index in [4.69, 9.17) is 0 Å². The molecule has 0 heterocycles. The molecule has 0 rings (SSSR count). The van der Waals surface area contributed by atoms with Gasteiger partial charge in [-0.1, -0.05) is 35.7 Å². The smallest absolute Gasteiger partial charge is 0.748 e. The van der Waals surface area contributed by atoms with Gasteiger partial charge in [-0.2, -0.15) is 0 Å². The van der Waals surface area contributed by atoms with Gasteiger partial charge < -0.3 is 9.11 Å². The van der Waals surface area contributed by atoms with Crippen LogP contribution in [0.15, 0.2) is 24.3 Å². The summed E-state index contributed by atoms with van der Waals surface area (Å²) in [6, 6.07) is 0. The summed E-state index contributed by atoms with van der Waals surface area (Å²) in [6.07, 6.45) is 6.46. The zero-order chi connectivity index (χ0) is 20.6. The zero-order valence-electron chi connectivity index (χ0n) is 15.2. The van der Waals surface area contributed by atoms with E-state index in [0.29, 0.717) is 11.5 Å². The molecule has 0 radical (unpaired) electrons. The van der Waals surface area contributed by atoms with Crippen molar-refractivity contribution in [2.24, 2.45) is 0 Å². The topological polar surface area (TPSA) is 149 Å². The van der Waals surface area contributed by atoms with Gasteiger partial charge in [-0.3, -0.25) is 9.59 Å². The molecule has 0 atom stereocenters. The predicted octanol–water partition coefficient (Wildman–Crippen LogP) is 1.13. The first-order valence-corrected chi connectivity index (χ1v) is 12.5. The quantitative estimate of drug-likeness (QED) is 0.190. The summed E-state index contributed by atoms with van der Waals surface area (Å²) in [6.45, 7) is 3.45. The minimum absolute atomic E-state index is 0. The van der Waals surface area contributed by atoms with E-state index in [2.05, 4.69) is 0 Å². The van der Waals surface area contributed by atoms with Crippen molar-refractivity contribution in [3.05, 3.63) is 24.3 Å². The first-order valence-electron chi connectivity index (χ1n) is 7.37. The van der Waals surface area contributed by atoms with E-state index in [9.17, 15) is 35.5 Å². The zero-order valence-corrected chi connectivity index (χ0v) is 20.6. The number of hydrogen-bond acceptors (Lipinski definition) is 10. The Morgan fingerprint density at radius 1 is 0.778 bits per heavy atom. The van der Waals surface area contributed by atoms with Crippen LogP contribution in [0, 0.1) is 0 Å². The molecular weight excluding hydrogens is 464 g/mol. The molecule has 0 fully saturated rings. The summed E-state index contributed by atoms with van der Waals surface area (Å²) >= 11 is 2.03. The molecule has 0 aliphatic carbocycles. The molecule has 0 aromatic heterocycles. The molecule has 0 amide bonds. The van der Waals surface area contributed by atoms with E-state index >= 15 is 0 Å². The van der Waals surface area contributed by atoms with Crippen molar-refractivity contribution in [3.8, 4) is 0 Å². The van der Waals surface area contributed by atoms with Crippen LogP contribution in [0.5, 0.6) is 0 Å². The minimum Gasteiger partial charge on any atom is -0.748 e. The monoisotopic (exact) mass is 486 g/mol. The van der Waals surface area contributed by atoms with Crippen molar-refractivity contribution in [1.82, 2.24) is 0 Å². The van der Waals surface area contributed by atoms with Gasteiger partial charge in [0, 0.05) is 23.0 Å². The second-order valence-corrected chi connectivity index (χ2v) is 9.81. The predicted molar refractivity (Wildman–Crippen MR) is 109 cm³/mol. The maximum absolute atomic E-state index is 10.8. The van der Waals surface area contributed by atoms with Crippen molar-refractivity contribution in [1.29, 1.82) is 0 Å². The Kier molecular flexibility index (Phi) is 22.3. The van der Waals surface area contributed by atoms with Crippen LogP contribution >= 0.6 is 23.5 Å². The number of allylic oxidation sites excluding steroid dienone is 2. The molecule has 0 unspecified atom stereocenters. The molecular formula is C14H22CaO8S4. The Labute approximate surface area is 199 Å². The van der Waals surface area contributed by atoms with Gasteiger partial charge in [0.2, 0.25) is 10.2 Å². The number of hydrogen-bond donors (Lipinski definition) is 0. The van der Waals surface area contributed by atoms with Crippen LogP contribution in [0.25, 0.3) is 0 Å². The Morgan fingerprint density at radius 3 is 1.30 bits per heavy atom. The van der Waals surface area contributed by atoms with E-state index in [1.807, 2.05) is 0 Å². The summed E-state index contributed by atoms with van der Waals surface area (Å²) in [7, 11) is -8.25. The van der Waals surface area contributed by atoms with E-state index < -0.39 is 31.7 Å². The van der Waals surface area contributed by atoms with Crippen molar-refractivity contribution in [2.45, 2.75) is 26.7 Å². The van der Waals surface area contributed by atoms with E-state index in [1.54, 1.807) is 26.0 Å². The van der Waals surface area contributed by atoms with Gasteiger partial charge in [0.1, 0.15) is 0 Å². The summed E-state index contributed by atoms with van der Waals surface area (Å²) in [5.41, 5.74) is 0. The number of carbonyl (C=O) groups is 2. The Morgan fingerprint density at radius 2 is 1.07 bits per heavy atom. The van der Waals surface area contributed by atoms with Crippen molar-refractivity contribution < 1.29 is 35.5 Å². The van der Waals surface area contributed by atoms with E-state index in [-0.39, 0.29) is 60.8 Å². The van der Waals surface area contributed by atoms with Crippen LogP contribution in [0.3, 0.4) is 0 Å². The molecule has 27 heavy (non-hydrogen) atoms. The molecule has 0 N–H and O–H groups in total. The Hall–Kier alpha value is 0.600. The fourth-order valence-corrected chi connectivity index (χ4v) is 3.99. The largest absolute Gasteiger partial charge is 2.00 e. The first kappa shape index (κ1) is 32.3. The van der Waals surface area contributed by atoms with Crippen LogP contribution in [0.1, 0.15) is 26.7 Å². The van der Waals surface area contributed by atoms with Gasteiger partial charge in [0.15, 0.2) is 0 Å². The third-order valence-corrected chi connectivity index (χ3v) is 5.58. The Bertz CT molecular complexity index is 624. The molecule has 0 saturated carbocycles. The van der Waals surface area contributed by atoms with Crippen LogP contribution in [0.2, 0.25) is 0 Å². The maximum Gasteiger partial charge on any atom is 2.00 e. The summed E-state index contributed by atoms with van der Waals surface area (Å²) in [5.74, 6) is -0.0679. The van der Waals surface area contributed by atoms with Crippen molar-refractivity contribution in [2.75, 3.05) is 23.0 Å². The molecule has 8 nitrogen and oxygen atoms in total. The molecule has 0 saturated heterocycles. The summed E-state index contributed by atoms with van der Waals surface area (Å²) in [4.78, 5) is 21.6. The molecule has 0 aliphatic heterocycles. The first-order chi connectivity index (χ1) is 11.9. The second-order valence-electron chi connectivity index (χ2n) is 4.57. The minimum atomic E-state index is -4.13. The fourth-order valence-electron chi connectivity index (χ4n) is 1.19. The van der Waals surface area contributed by atoms with Gasteiger partial charge in [-0.05, 0) is 38.8 Å². The third kappa shape index (κ3) is 31.5. The van der Waals surface area contributed by atoms with Crippen LogP contribution in [-0.2, 0) is 29.8 Å². The molecule has 13 heteroatoms. The second kappa shape index (κ2) is 18.6.